The molecule has 0 saturated carbocycles. The van der Waals surface area contributed by atoms with Crippen molar-refractivity contribution in [2.45, 2.75) is 6.42 Å². The molecule has 0 aliphatic carbocycles. The molecule has 0 aromatic heterocycles. The Labute approximate surface area is 126 Å². The van der Waals surface area contributed by atoms with Crippen molar-refractivity contribution in [3.8, 4) is 0 Å². The first-order valence-electron chi connectivity index (χ1n) is 6.13. The molecule has 0 spiro atoms. The molecule has 0 bridgehead atoms. The third-order valence-corrected chi connectivity index (χ3v) is 3.13. The van der Waals surface area contributed by atoms with E-state index in [0.29, 0.717) is 5.69 Å². The van der Waals surface area contributed by atoms with Crippen LogP contribution in [0.25, 0.3) is 0 Å². The zero-order chi connectivity index (χ0) is 15.4. The molecule has 0 fully saturated rings. The molecule has 0 aliphatic rings. The summed E-state index contributed by atoms with van der Waals surface area (Å²) in [5.74, 6) is -1.39. The number of nitrogens with one attached hydrogen (secondary N) is 1. The number of hydrogen-bond acceptors (Lipinski definition) is 3. The van der Waals surface area contributed by atoms with Crippen molar-refractivity contribution in [1.82, 2.24) is 0 Å². The fourth-order valence-electron chi connectivity index (χ4n) is 1.84. The van der Waals surface area contributed by atoms with E-state index in [9.17, 15) is 9.59 Å². The van der Waals surface area contributed by atoms with Gasteiger partial charge in [0.05, 0.1) is 22.7 Å². The molecule has 2 aromatic carbocycles. The van der Waals surface area contributed by atoms with Gasteiger partial charge in [0.25, 0.3) is 0 Å². The summed E-state index contributed by atoms with van der Waals surface area (Å²) in [6, 6.07) is 11.1. The number of halogens is 1. The van der Waals surface area contributed by atoms with Gasteiger partial charge in [-0.25, -0.2) is 4.79 Å². The number of rotatable bonds is 4. The maximum absolute atomic E-state index is 12.0. The Balaban J connectivity index is 2.12. The predicted molar refractivity (Wildman–Crippen MR) is 81.6 cm³/mol. The first kappa shape index (κ1) is 14.9. The summed E-state index contributed by atoms with van der Waals surface area (Å²) in [4.78, 5) is 22.9. The molecule has 0 unspecified atom stereocenters. The van der Waals surface area contributed by atoms with E-state index in [1.165, 1.54) is 18.2 Å². The lowest BCUT2D eigenvalue weighted by molar-refractivity contribution is -0.115. The molecule has 1 amide bonds. The SMILES string of the molecule is Nc1cccc(CC(=O)Nc2cc(C(=O)O)ccc2Cl)c1. The average Bonchev–Trinajstić information content (AvgIpc) is 2.41. The van der Waals surface area contributed by atoms with Crippen LogP contribution in [0.1, 0.15) is 15.9 Å². The summed E-state index contributed by atoms with van der Waals surface area (Å²) in [6.45, 7) is 0. The minimum Gasteiger partial charge on any atom is -0.478 e. The number of amides is 1. The number of carboxylic acid groups (broad SMARTS) is 1. The molecular formula is C15H13ClN2O3. The smallest absolute Gasteiger partial charge is 0.335 e. The highest BCUT2D eigenvalue weighted by Gasteiger charge is 2.10. The zero-order valence-corrected chi connectivity index (χ0v) is 11.7. The zero-order valence-electron chi connectivity index (χ0n) is 11.0. The van der Waals surface area contributed by atoms with Crippen molar-refractivity contribution in [3.05, 3.63) is 58.6 Å². The maximum Gasteiger partial charge on any atom is 0.335 e. The second kappa shape index (κ2) is 6.28. The number of nitrogens with two attached hydrogens (primary N) is 1. The quantitative estimate of drug-likeness (QED) is 0.757. The second-order valence-electron chi connectivity index (χ2n) is 4.47. The second-order valence-corrected chi connectivity index (χ2v) is 4.88. The standard InChI is InChI=1S/C15H13ClN2O3/c16-12-5-4-10(15(20)21)8-13(12)18-14(19)7-9-2-1-3-11(17)6-9/h1-6,8H,7,17H2,(H,18,19)(H,20,21). The van der Waals surface area contributed by atoms with Gasteiger partial charge in [-0.1, -0.05) is 23.7 Å². The summed E-state index contributed by atoms with van der Waals surface area (Å²) in [5, 5.41) is 11.8. The van der Waals surface area contributed by atoms with Crippen molar-refractivity contribution < 1.29 is 14.7 Å². The van der Waals surface area contributed by atoms with Gasteiger partial charge in [-0.15, -0.1) is 0 Å². The molecule has 6 heteroatoms. The Morgan fingerprint density at radius 1 is 1.19 bits per heavy atom. The average molecular weight is 305 g/mol. The first-order chi connectivity index (χ1) is 9.95. The third-order valence-electron chi connectivity index (χ3n) is 2.80. The van der Waals surface area contributed by atoms with Gasteiger partial charge in [-0.3, -0.25) is 4.79 Å². The minimum absolute atomic E-state index is 0.0543. The summed E-state index contributed by atoms with van der Waals surface area (Å²) in [7, 11) is 0. The lowest BCUT2D eigenvalue weighted by atomic mass is 10.1. The van der Waals surface area contributed by atoms with E-state index in [0.717, 1.165) is 5.56 Å². The number of carbonyl (C=O) groups is 2. The van der Waals surface area contributed by atoms with Crippen LogP contribution in [0.2, 0.25) is 5.02 Å². The van der Waals surface area contributed by atoms with Gasteiger partial charge in [0.1, 0.15) is 0 Å². The van der Waals surface area contributed by atoms with Crippen molar-refractivity contribution in [1.29, 1.82) is 0 Å². The Hall–Kier alpha value is -2.53. The van der Waals surface area contributed by atoms with E-state index < -0.39 is 5.97 Å². The van der Waals surface area contributed by atoms with Crippen LogP contribution in [0.3, 0.4) is 0 Å². The largest absolute Gasteiger partial charge is 0.478 e. The van der Waals surface area contributed by atoms with Crippen LogP contribution in [0, 0.1) is 0 Å². The normalized spacial score (nSPS) is 10.1. The molecule has 5 nitrogen and oxygen atoms in total. The summed E-state index contributed by atoms with van der Waals surface area (Å²) in [6.07, 6.45) is 0.124. The maximum atomic E-state index is 12.0. The molecular weight excluding hydrogens is 292 g/mol. The van der Waals surface area contributed by atoms with E-state index in [1.807, 2.05) is 0 Å². The van der Waals surface area contributed by atoms with Gasteiger partial charge < -0.3 is 16.2 Å². The number of benzene rings is 2. The highest BCUT2D eigenvalue weighted by atomic mass is 35.5. The van der Waals surface area contributed by atoms with Crippen LogP contribution in [-0.4, -0.2) is 17.0 Å². The monoisotopic (exact) mass is 304 g/mol. The topological polar surface area (TPSA) is 92.4 Å². The van der Waals surface area contributed by atoms with Crippen molar-refractivity contribution >= 4 is 34.9 Å². The van der Waals surface area contributed by atoms with Crippen LogP contribution < -0.4 is 11.1 Å². The molecule has 21 heavy (non-hydrogen) atoms. The lowest BCUT2D eigenvalue weighted by Gasteiger charge is -2.08. The molecule has 0 radical (unpaired) electrons. The molecule has 0 heterocycles. The number of hydrogen-bond donors (Lipinski definition) is 3. The Morgan fingerprint density at radius 2 is 1.95 bits per heavy atom. The van der Waals surface area contributed by atoms with Crippen molar-refractivity contribution in [2.75, 3.05) is 11.1 Å². The van der Waals surface area contributed by atoms with Crippen LogP contribution in [0.5, 0.6) is 0 Å². The fourth-order valence-corrected chi connectivity index (χ4v) is 2.00. The van der Waals surface area contributed by atoms with Gasteiger partial charge >= 0.3 is 5.97 Å². The number of nitrogen functional groups attached to an aromatic ring is 1. The van der Waals surface area contributed by atoms with Crippen LogP contribution >= 0.6 is 11.6 Å². The molecule has 0 saturated heterocycles. The molecule has 2 rings (SSSR count). The molecule has 0 atom stereocenters. The van der Waals surface area contributed by atoms with E-state index in [-0.39, 0.29) is 28.6 Å². The number of carboxylic acids is 1. The number of carbonyl (C=O) groups excluding carboxylic acids is 1. The van der Waals surface area contributed by atoms with Gasteiger partial charge in [0.15, 0.2) is 0 Å². The van der Waals surface area contributed by atoms with Gasteiger partial charge in [0, 0.05) is 5.69 Å². The molecule has 108 valence electrons. The van der Waals surface area contributed by atoms with E-state index >= 15 is 0 Å². The fraction of sp³-hybridized carbons (Fsp3) is 0.0667. The minimum atomic E-state index is -1.09. The van der Waals surface area contributed by atoms with Gasteiger partial charge in [0.2, 0.25) is 5.91 Å². The van der Waals surface area contributed by atoms with Crippen LogP contribution in [0.15, 0.2) is 42.5 Å². The number of aromatic carboxylic acids is 1. The Kier molecular flexibility index (Phi) is 4.45. The van der Waals surface area contributed by atoms with Crippen LogP contribution in [-0.2, 0) is 11.2 Å². The first-order valence-corrected chi connectivity index (χ1v) is 6.50. The summed E-state index contributed by atoms with van der Waals surface area (Å²) in [5.41, 5.74) is 7.31. The third kappa shape index (κ3) is 3.97. The highest BCUT2D eigenvalue weighted by molar-refractivity contribution is 6.33. The van der Waals surface area contributed by atoms with Gasteiger partial charge in [-0.05, 0) is 35.9 Å². The van der Waals surface area contributed by atoms with Crippen molar-refractivity contribution in [2.24, 2.45) is 0 Å². The Bertz CT molecular complexity index is 701. The van der Waals surface area contributed by atoms with E-state index in [1.54, 1.807) is 24.3 Å². The lowest BCUT2D eigenvalue weighted by Crippen LogP contribution is -2.15. The van der Waals surface area contributed by atoms with E-state index in [2.05, 4.69) is 5.32 Å². The molecule has 4 N–H and O–H groups in total. The molecule has 0 aliphatic heterocycles. The Morgan fingerprint density at radius 3 is 2.62 bits per heavy atom. The molecule has 2 aromatic rings. The highest BCUT2D eigenvalue weighted by Crippen LogP contribution is 2.23. The van der Waals surface area contributed by atoms with Crippen LogP contribution in [0.4, 0.5) is 11.4 Å². The van der Waals surface area contributed by atoms with Gasteiger partial charge in [-0.2, -0.15) is 0 Å². The summed E-state index contributed by atoms with van der Waals surface area (Å²) < 4.78 is 0. The van der Waals surface area contributed by atoms with E-state index in [4.69, 9.17) is 22.4 Å². The number of anilines is 2. The van der Waals surface area contributed by atoms with Crippen molar-refractivity contribution in [3.63, 3.8) is 0 Å². The predicted octanol–water partition coefficient (Wildman–Crippen LogP) is 2.80. The summed E-state index contributed by atoms with van der Waals surface area (Å²) >= 11 is 5.95.